The lowest BCUT2D eigenvalue weighted by Crippen LogP contribution is -2.59. The maximum atomic E-state index is 13.8. The number of esters is 1. The summed E-state index contributed by atoms with van der Waals surface area (Å²) in [5.74, 6) is -0.0240. The molecular formula is C30H42O6. The van der Waals surface area contributed by atoms with Gasteiger partial charge >= 0.3 is 5.97 Å². The van der Waals surface area contributed by atoms with E-state index in [1.165, 1.54) is 5.57 Å². The fourth-order valence-electron chi connectivity index (χ4n) is 9.46. The molecule has 1 heterocycles. The molecule has 1 aliphatic heterocycles. The molecule has 1 N–H and O–H groups in total. The van der Waals surface area contributed by atoms with Gasteiger partial charge in [-0.25, -0.2) is 4.89 Å². The van der Waals surface area contributed by atoms with Crippen LogP contribution in [0.4, 0.5) is 0 Å². The first kappa shape index (κ1) is 25.8. The number of hydrogen-bond donors (Lipinski definition) is 1. The van der Waals surface area contributed by atoms with E-state index in [0.29, 0.717) is 12.8 Å². The summed E-state index contributed by atoms with van der Waals surface area (Å²) in [4.78, 5) is 44.1. The van der Waals surface area contributed by atoms with Crippen LogP contribution in [0.5, 0.6) is 0 Å². The zero-order chi connectivity index (χ0) is 26.5. The first-order valence-electron chi connectivity index (χ1n) is 13.6. The molecule has 5 aliphatic rings. The van der Waals surface area contributed by atoms with E-state index in [-0.39, 0.29) is 63.6 Å². The van der Waals surface area contributed by atoms with Crippen LogP contribution in [-0.2, 0) is 24.0 Å². The van der Waals surface area contributed by atoms with E-state index in [1.807, 2.05) is 26.0 Å². The molecule has 5 rings (SSSR count). The summed E-state index contributed by atoms with van der Waals surface area (Å²) in [7, 11) is 0. The standard InChI is InChI=1S/C30H42O6/c1-26(2,36-34)12-8-9-17-23-21(35-25(17)33)16-30(7)19-15-20(31)24-27(3,4)22(32)11-13-28(24,5)18(19)10-14-29(23,30)6/h8,12,15,17-18,21,23-24,34H,9-11,13-14,16H2,1-7H3/b12-8-/t17?,18-,21-,23+,24-,28+,29-,30+/m0/s1. The molecule has 0 aromatic heterocycles. The van der Waals surface area contributed by atoms with Gasteiger partial charge in [-0.1, -0.05) is 52.3 Å². The number of carbonyl (C=O) groups excluding carboxylic acids is 3. The zero-order valence-corrected chi connectivity index (χ0v) is 22.8. The van der Waals surface area contributed by atoms with Gasteiger partial charge in [0.2, 0.25) is 0 Å². The Bertz CT molecular complexity index is 1070. The van der Waals surface area contributed by atoms with Crippen LogP contribution < -0.4 is 0 Å². The van der Waals surface area contributed by atoms with Gasteiger partial charge in [-0.3, -0.25) is 19.6 Å². The van der Waals surface area contributed by atoms with Gasteiger partial charge in [-0.15, -0.1) is 0 Å². The molecule has 198 valence electrons. The van der Waals surface area contributed by atoms with Gasteiger partial charge < -0.3 is 4.74 Å². The third-order valence-corrected chi connectivity index (χ3v) is 11.5. The first-order valence-corrected chi connectivity index (χ1v) is 13.6. The Morgan fingerprint density at radius 2 is 1.83 bits per heavy atom. The number of rotatable bonds is 4. The second-order valence-corrected chi connectivity index (χ2v) is 14.1. The van der Waals surface area contributed by atoms with Crippen LogP contribution in [0.1, 0.15) is 87.0 Å². The molecule has 0 spiro atoms. The Balaban J connectivity index is 1.51. The van der Waals surface area contributed by atoms with Gasteiger partial charge in [0.05, 0.1) is 5.92 Å². The minimum absolute atomic E-state index is 0.0738. The summed E-state index contributed by atoms with van der Waals surface area (Å²) in [6.45, 7) is 14.3. The van der Waals surface area contributed by atoms with Gasteiger partial charge in [0, 0.05) is 23.7 Å². The largest absolute Gasteiger partial charge is 0.462 e. The lowest BCUT2D eigenvalue weighted by molar-refractivity contribution is -0.297. The number of ketones is 2. The molecule has 0 radical (unpaired) electrons. The highest BCUT2D eigenvalue weighted by atomic mass is 17.1. The van der Waals surface area contributed by atoms with Gasteiger partial charge in [0.1, 0.15) is 17.5 Å². The summed E-state index contributed by atoms with van der Waals surface area (Å²) >= 11 is 0. The van der Waals surface area contributed by atoms with Gasteiger partial charge in [-0.05, 0) is 74.2 Å². The third-order valence-electron chi connectivity index (χ3n) is 11.5. The second kappa shape index (κ2) is 7.86. The SMILES string of the molecule is CC(C)(/C=C\CC1C(=O)O[C@H]2C[C@]3(C)C4=CC(=O)[C@H]5C(C)(C)C(=O)CC[C@]5(C)[C@H]4CC[C@@]3(C)[C@H]12)OO. The number of carbonyl (C=O) groups is 3. The minimum atomic E-state index is -0.817. The van der Waals surface area contributed by atoms with Crippen molar-refractivity contribution in [2.75, 3.05) is 0 Å². The van der Waals surface area contributed by atoms with Crippen molar-refractivity contribution in [2.24, 2.45) is 45.3 Å². The van der Waals surface area contributed by atoms with E-state index in [0.717, 1.165) is 25.7 Å². The van der Waals surface area contributed by atoms with Crippen LogP contribution in [0.15, 0.2) is 23.8 Å². The molecule has 8 atom stereocenters. The topological polar surface area (TPSA) is 89.9 Å². The summed E-state index contributed by atoms with van der Waals surface area (Å²) in [5, 5.41) is 9.10. The van der Waals surface area contributed by atoms with E-state index in [9.17, 15) is 14.4 Å². The van der Waals surface area contributed by atoms with Crippen molar-refractivity contribution in [3.05, 3.63) is 23.8 Å². The van der Waals surface area contributed by atoms with Crippen molar-refractivity contribution >= 4 is 17.5 Å². The van der Waals surface area contributed by atoms with Gasteiger partial charge in [-0.2, -0.15) is 0 Å². The Kier molecular flexibility index (Phi) is 5.64. The molecule has 3 saturated carbocycles. The molecule has 1 unspecified atom stereocenters. The average Bonchev–Trinajstić information content (AvgIpc) is 3.20. The van der Waals surface area contributed by atoms with Crippen molar-refractivity contribution in [3.63, 3.8) is 0 Å². The molecule has 6 heteroatoms. The highest BCUT2D eigenvalue weighted by molar-refractivity contribution is 6.01. The van der Waals surface area contributed by atoms with Crippen LogP contribution in [0.3, 0.4) is 0 Å². The van der Waals surface area contributed by atoms with Gasteiger partial charge in [0.25, 0.3) is 0 Å². The van der Waals surface area contributed by atoms with Crippen LogP contribution in [0.2, 0.25) is 0 Å². The highest BCUT2D eigenvalue weighted by Gasteiger charge is 2.71. The fraction of sp³-hybridized carbons (Fsp3) is 0.767. The van der Waals surface area contributed by atoms with Crippen molar-refractivity contribution < 1.29 is 29.3 Å². The molecule has 6 nitrogen and oxygen atoms in total. The summed E-state index contributed by atoms with van der Waals surface area (Å²) < 4.78 is 6.00. The predicted molar refractivity (Wildman–Crippen MR) is 135 cm³/mol. The Hall–Kier alpha value is -1.79. The van der Waals surface area contributed by atoms with Crippen LogP contribution in [-0.4, -0.2) is 34.5 Å². The van der Waals surface area contributed by atoms with E-state index in [2.05, 4.69) is 25.7 Å². The lowest BCUT2D eigenvalue weighted by atomic mass is 9.41. The molecule has 36 heavy (non-hydrogen) atoms. The lowest BCUT2D eigenvalue weighted by Gasteiger charge is -2.62. The maximum Gasteiger partial charge on any atom is 0.309 e. The quantitative estimate of drug-likeness (QED) is 0.231. The molecule has 0 aromatic carbocycles. The number of fused-ring (bicyclic) bond motifs is 7. The molecular weight excluding hydrogens is 456 g/mol. The van der Waals surface area contributed by atoms with Crippen LogP contribution in [0.25, 0.3) is 0 Å². The Morgan fingerprint density at radius 3 is 2.50 bits per heavy atom. The van der Waals surface area contributed by atoms with Crippen molar-refractivity contribution in [1.29, 1.82) is 0 Å². The normalized spacial score (nSPS) is 45.6. The number of ether oxygens (including phenoxy) is 1. The molecule has 0 aromatic rings. The van der Waals surface area contributed by atoms with E-state index < -0.39 is 11.0 Å². The van der Waals surface area contributed by atoms with Crippen molar-refractivity contribution in [3.8, 4) is 0 Å². The molecule has 1 saturated heterocycles. The van der Waals surface area contributed by atoms with Crippen molar-refractivity contribution in [1.82, 2.24) is 0 Å². The Labute approximate surface area is 214 Å². The second-order valence-electron chi connectivity index (χ2n) is 14.1. The molecule has 0 bridgehead atoms. The summed E-state index contributed by atoms with van der Waals surface area (Å²) in [6, 6.07) is 0. The highest BCUT2D eigenvalue weighted by Crippen LogP contribution is 2.74. The minimum Gasteiger partial charge on any atom is -0.462 e. The maximum absolute atomic E-state index is 13.8. The number of hydrogen-bond acceptors (Lipinski definition) is 6. The van der Waals surface area contributed by atoms with Crippen molar-refractivity contribution in [2.45, 2.75) is 98.7 Å². The van der Waals surface area contributed by atoms with Crippen LogP contribution >= 0.6 is 0 Å². The summed E-state index contributed by atoms with van der Waals surface area (Å²) in [5.41, 5.74) is -0.857. The number of allylic oxidation sites excluding steroid dienone is 3. The smallest absolute Gasteiger partial charge is 0.309 e. The predicted octanol–water partition coefficient (Wildman–Crippen LogP) is 5.71. The fourth-order valence-corrected chi connectivity index (χ4v) is 9.46. The third kappa shape index (κ3) is 3.25. The monoisotopic (exact) mass is 498 g/mol. The molecule has 4 aliphatic carbocycles. The first-order chi connectivity index (χ1) is 16.6. The van der Waals surface area contributed by atoms with E-state index >= 15 is 0 Å². The zero-order valence-electron chi connectivity index (χ0n) is 22.8. The van der Waals surface area contributed by atoms with Gasteiger partial charge in [0.15, 0.2) is 5.78 Å². The van der Waals surface area contributed by atoms with Crippen LogP contribution in [0, 0.1) is 45.3 Å². The molecule has 0 amide bonds. The van der Waals surface area contributed by atoms with E-state index in [1.54, 1.807) is 19.9 Å². The van der Waals surface area contributed by atoms with E-state index in [4.69, 9.17) is 9.99 Å². The number of Topliss-reactive ketones (excluding diaryl/α,β-unsaturated/α-hetero) is 1. The molecule has 4 fully saturated rings. The average molecular weight is 499 g/mol. The Morgan fingerprint density at radius 1 is 1.14 bits per heavy atom. The summed E-state index contributed by atoms with van der Waals surface area (Å²) in [6.07, 6.45) is 9.98.